The van der Waals surface area contributed by atoms with Crippen LogP contribution in [0.25, 0.3) is 10.9 Å². The molecule has 0 atom stereocenters. The van der Waals surface area contributed by atoms with Gasteiger partial charge >= 0.3 is 5.97 Å². The largest absolute Gasteiger partial charge is 0.477 e. The lowest BCUT2D eigenvalue weighted by Gasteiger charge is -2.13. The van der Waals surface area contributed by atoms with Crippen molar-refractivity contribution in [3.05, 3.63) is 30.0 Å². The highest BCUT2D eigenvalue weighted by Crippen LogP contribution is 2.34. The SMILES string of the molecule is Cn1c(C(=O)O)c(SC2=NCCCN2)c2ccccc21.I. The van der Waals surface area contributed by atoms with Gasteiger partial charge in [-0.05, 0) is 24.2 Å². The van der Waals surface area contributed by atoms with Crippen molar-refractivity contribution in [1.82, 2.24) is 9.88 Å². The Morgan fingerprint density at radius 2 is 2.19 bits per heavy atom. The van der Waals surface area contributed by atoms with Gasteiger partial charge in [-0.2, -0.15) is 0 Å². The van der Waals surface area contributed by atoms with Crippen LogP contribution in [0.5, 0.6) is 0 Å². The average Bonchev–Trinajstić information content (AvgIpc) is 2.74. The lowest BCUT2D eigenvalue weighted by Crippen LogP contribution is -2.26. The number of nitrogens with one attached hydrogen (secondary N) is 1. The summed E-state index contributed by atoms with van der Waals surface area (Å²) >= 11 is 1.41. The second-order valence-corrected chi connectivity index (χ2v) is 5.63. The summed E-state index contributed by atoms with van der Waals surface area (Å²) in [6, 6.07) is 7.72. The van der Waals surface area contributed by atoms with E-state index in [1.54, 1.807) is 11.6 Å². The number of thioether (sulfide) groups is 1. The molecule has 1 aromatic heterocycles. The van der Waals surface area contributed by atoms with Crippen LogP contribution in [-0.4, -0.2) is 33.9 Å². The molecule has 0 bridgehead atoms. The third-order valence-electron chi connectivity index (χ3n) is 3.33. The summed E-state index contributed by atoms with van der Waals surface area (Å²) in [5.41, 5.74) is 1.23. The number of aryl methyl sites for hydroxylation is 1. The molecule has 1 aliphatic rings. The van der Waals surface area contributed by atoms with Crippen molar-refractivity contribution in [1.29, 1.82) is 0 Å². The number of hydrogen-bond donors (Lipinski definition) is 2. The molecule has 2 heterocycles. The van der Waals surface area contributed by atoms with Crippen LogP contribution in [-0.2, 0) is 7.05 Å². The van der Waals surface area contributed by atoms with Crippen LogP contribution in [0.15, 0.2) is 34.2 Å². The maximum atomic E-state index is 11.6. The number of aromatic carboxylic acids is 1. The Morgan fingerprint density at radius 3 is 2.86 bits per heavy atom. The maximum Gasteiger partial charge on any atom is 0.353 e. The molecular formula is C14H16IN3O2S. The Bertz CT molecular complexity index is 712. The van der Waals surface area contributed by atoms with Gasteiger partial charge in [-0.3, -0.25) is 4.99 Å². The highest BCUT2D eigenvalue weighted by Gasteiger charge is 2.22. The second-order valence-electron chi connectivity index (χ2n) is 4.63. The van der Waals surface area contributed by atoms with E-state index < -0.39 is 5.97 Å². The van der Waals surface area contributed by atoms with Crippen molar-refractivity contribution in [2.45, 2.75) is 11.3 Å². The summed E-state index contributed by atoms with van der Waals surface area (Å²) < 4.78 is 1.73. The van der Waals surface area contributed by atoms with Gasteiger partial charge in [-0.1, -0.05) is 18.2 Å². The van der Waals surface area contributed by atoms with Crippen LogP contribution >= 0.6 is 35.7 Å². The maximum absolute atomic E-state index is 11.6. The predicted molar refractivity (Wildman–Crippen MR) is 96.1 cm³/mol. The zero-order valence-corrected chi connectivity index (χ0v) is 14.6. The molecule has 112 valence electrons. The monoisotopic (exact) mass is 417 g/mol. The standard InChI is InChI=1S/C14H15N3O2S.HI/c1-17-10-6-3-2-5-9(10)12(11(17)13(18)19)20-14-15-7-4-8-16-14;/h2-3,5-6H,4,7-8H2,1H3,(H,15,16)(H,18,19);1H. The number of benzene rings is 1. The summed E-state index contributed by atoms with van der Waals surface area (Å²) in [4.78, 5) is 16.7. The first kappa shape index (κ1) is 16.2. The summed E-state index contributed by atoms with van der Waals surface area (Å²) in [7, 11) is 1.78. The van der Waals surface area contributed by atoms with Crippen molar-refractivity contribution < 1.29 is 9.90 Å². The summed E-state index contributed by atoms with van der Waals surface area (Å²) in [6.07, 6.45) is 1.02. The smallest absolute Gasteiger partial charge is 0.353 e. The van der Waals surface area contributed by atoms with Gasteiger partial charge in [0.25, 0.3) is 0 Å². The number of rotatable bonds is 2. The van der Waals surface area contributed by atoms with E-state index in [0.29, 0.717) is 5.69 Å². The van der Waals surface area contributed by atoms with E-state index >= 15 is 0 Å². The van der Waals surface area contributed by atoms with Gasteiger partial charge in [0.1, 0.15) is 5.69 Å². The van der Waals surface area contributed by atoms with E-state index in [9.17, 15) is 9.90 Å². The molecular weight excluding hydrogens is 401 g/mol. The van der Waals surface area contributed by atoms with Gasteiger partial charge in [0.2, 0.25) is 0 Å². The second kappa shape index (κ2) is 6.69. The molecule has 0 saturated carbocycles. The Hall–Kier alpha value is -1.22. The fourth-order valence-corrected chi connectivity index (χ4v) is 3.51. The Labute approximate surface area is 143 Å². The molecule has 1 aliphatic heterocycles. The zero-order valence-electron chi connectivity index (χ0n) is 11.5. The topological polar surface area (TPSA) is 66.6 Å². The molecule has 0 unspecified atom stereocenters. The molecule has 3 rings (SSSR count). The minimum absolute atomic E-state index is 0. The van der Waals surface area contributed by atoms with Crippen molar-refractivity contribution in [3.63, 3.8) is 0 Å². The van der Waals surface area contributed by atoms with Crippen molar-refractivity contribution in [2.24, 2.45) is 12.0 Å². The Kier molecular flexibility index (Phi) is 5.15. The van der Waals surface area contributed by atoms with Gasteiger partial charge in [0.05, 0.1) is 4.90 Å². The Balaban J connectivity index is 0.00000161. The molecule has 2 aromatic rings. The molecule has 5 nitrogen and oxygen atoms in total. The molecule has 1 aromatic carbocycles. The zero-order chi connectivity index (χ0) is 14.1. The van der Waals surface area contributed by atoms with Crippen molar-refractivity contribution >= 4 is 57.8 Å². The number of aromatic nitrogens is 1. The van der Waals surface area contributed by atoms with Crippen LogP contribution in [0, 0.1) is 0 Å². The molecule has 0 amide bonds. The number of carboxylic acid groups (broad SMARTS) is 1. The van der Waals surface area contributed by atoms with Crippen LogP contribution in [0.4, 0.5) is 0 Å². The molecule has 7 heteroatoms. The highest BCUT2D eigenvalue weighted by molar-refractivity contribution is 14.0. The molecule has 0 spiro atoms. The minimum Gasteiger partial charge on any atom is -0.477 e. The van der Waals surface area contributed by atoms with Crippen LogP contribution in [0.1, 0.15) is 16.9 Å². The fourth-order valence-electron chi connectivity index (χ4n) is 2.38. The first-order valence-electron chi connectivity index (χ1n) is 6.45. The number of hydrogen-bond acceptors (Lipinski definition) is 4. The molecule has 0 aliphatic carbocycles. The number of para-hydroxylation sites is 1. The van der Waals surface area contributed by atoms with Crippen LogP contribution in [0.3, 0.4) is 0 Å². The van der Waals surface area contributed by atoms with E-state index in [1.807, 2.05) is 24.3 Å². The van der Waals surface area contributed by atoms with Crippen LogP contribution in [0.2, 0.25) is 0 Å². The summed E-state index contributed by atoms with van der Waals surface area (Å²) in [6.45, 7) is 1.68. The van der Waals surface area contributed by atoms with Crippen molar-refractivity contribution in [2.75, 3.05) is 13.1 Å². The van der Waals surface area contributed by atoms with E-state index in [1.165, 1.54) is 11.8 Å². The third kappa shape index (κ3) is 3.03. The van der Waals surface area contributed by atoms with E-state index in [2.05, 4.69) is 10.3 Å². The van der Waals surface area contributed by atoms with Gasteiger partial charge in [-0.15, -0.1) is 24.0 Å². The average molecular weight is 417 g/mol. The summed E-state index contributed by atoms with van der Waals surface area (Å²) in [5.74, 6) is -0.914. The van der Waals surface area contributed by atoms with Crippen molar-refractivity contribution in [3.8, 4) is 0 Å². The number of carboxylic acids is 1. The normalized spacial score (nSPS) is 14.2. The Morgan fingerprint density at radius 1 is 1.43 bits per heavy atom. The number of carbonyl (C=O) groups is 1. The van der Waals surface area contributed by atoms with Gasteiger partial charge < -0.3 is 15.0 Å². The fraction of sp³-hybridized carbons (Fsp3) is 0.286. The van der Waals surface area contributed by atoms with E-state index in [4.69, 9.17) is 0 Å². The molecule has 2 N–H and O–H groups in total. The molecule has 0 radical (unpaired) electrons. The highest BCUT2D eigenvalue weighted by atomic mass is 127. The van der Waals surface area contributed by atoms with E-state index in [-0.39, 0.29) is 24.0 Å². The lowest BCUT2D eigenvalue weighted by molar-refractivity contribution is 0.0683. The number of amidine groups is 1. The first-order chi connectivity index (χ1) is 9.68. The van der Waals surface area contributed by atoms with Crippen LogP contribution < -0.4 is 5.32 Å². The number of nitrogens with zero attached hydrogens (tertiary/aromatic N) is 2. The third-order valence-corrected chi connectivity index (χ3v) is 4.41. The first-order valence-corrected chi connectivity index (χ1v) is 7.27. The van der Waals surface area contributed by atoms with Gasteiger partial charge in [0.15, 0.2) is 5.17 Å². The van der Waals surface area contributed by atoms with Gasteiger partial charge in [0, 0.05) is 31.0 Å². The quantitative estimate of drug-likeness (QED) is 0.738. The van der Waals surface area contributed by atoms with E-state index in [0.717, 1.165) is 40.5 Å². The molecule has 0 fully saturated rings. The lowest BCUT2D eigenvalue weighted by atomic mass is 10.2. The number of aliphatic imine (C=N–C) groups is 1. The number of fused-ring (bicyclic) bond motifs is 1. The molecule has 0 saturated heterocycles. The summed E-state index contributed by atoms with van der Waals surface area (Å²) in [5, 5.41) is 14.5. The molecule has 21 heavy (non-hydrogen) atoms. The number of halogens is 1. The van der Waals surface area contributed by atoms with Gasteiger partial charge in [-0.25, -0.2) is 4.79 Å². The predicted octanol–water partition coefficient (Wildman–Crippen LogP) is 2.94. The minimum atomic E-state index is -0.914.